The maximum absolute atomic E-state index is 12.9. The van der Waals surface area contributed by atoms with Gasteiger partial charge in [0.05, 0.1) is 10.6 Å². The Morgan fingerprint density at radius 2 is 1.69 bits per heavy atom. The fourth-order valence-electron chi connectivity index (χ4n) is 2.55. The van der Waals surface area contributed by atoms with Crippen LogP contribution in [0.1, 0.15) is 0 Å². The highest BCUT2D eigenvalue weighted by molar-refractivity contribution is 9.10. The summed E-state index contributed by atoms with van der Waals surface area (Å²) in [5.41, 5.74) is 0.918. The molecule has 6 nitrogen and oxygen atoms in total. The zero-order valence-corrected chi connectivity index (χ0v) is 18.0. The van der Waals surface area contributed by atoms with Crippen LogP contribution in [0.4, 0.5) is 11.4 Å². The predicted octanol–water partition coefficient (Wildman–Crippen LogP) is 4.29. The van der Waals surface area contributed by atoms with Gasteiger partial charge in [0.25, 0.3) is 15.9 Å². The fraction of sp³-hybridized carbons (Fsp3) is 0.0952. The van der Waals surface area contributed by atoms with Gasteiger partial charge in [-0.1, -0.05) is 40.2 Å². The van der Waals surface area contributed by atoms with E-state index >= 15 is 0 Å². The number of anilines is 2. The van der Waals surface area contributed by atoms with Gasteiger partial charge in [-0.3, -0.25) is 9.10 Å². The Hall–Kier alpha value is -2.84. The molecule has 0 aliphatic carbocycles. The molecule has 8 heteroatoms. The molecule has 0 spiro atoms. The van der Waals surface area contributed by atoms with Crippen LogP contribution in [0.2, 0.25) is 0 Å². The lowest BCUT2D eigenvalue weighted by molar-refractivity contribution is -0.118. The average molecular weight is 475 g/mol. The van der Waals surface area contributed by atoms with Crippen molar-refractivity contribution in [3.63, 3.8) is 0 Å². The summed E-state index contributed by atoms with van der Waals surface area (Å²) in [7, 11) is -2.28. The largest absolute Gasteiger partial charge is 0.484 e. The number of nitrogens with zero attached hydrogens (tertiary/aromatic N) is 1. The van der Waals surface area contributed by atoms with Gasteiger partial charge in [-0.05, 0) is 54.6 Å². The molecule has 1 amide bonds. The number of carbonyl (C=O) groups is 1. The molecule has 3 aromatic carbocycles. The van der Waals surface area contributed by atoms with Crippen molar-refractivity contribution in [3.8, 4) is 5.75 Å². The minimum absolute atomic E-state index is 0.0791. The molecule has 0 aromatic heterocycles. The van der Waals surface area contributed by atoms with E-state index in [0.29, 0.717) is 17.1 Å². The van der Waals surface area contributed by atoms with E-state index in [1.54, 1.807) is 48.5 Å². The average Bonchev–Trinajstić information content (AvgIpc) is 2.73. The van der Waals surface area contributed by atoms with Gasteiger partial charge in [0.15, 0.2) is 6.61 Å². The molecule has 29 heavy (non-hydrogen) atoms. The first kappa shape index (κ1) is 20.9. The second-order valence-electron chi connectivity index (χ2n) is 6.13. The quantitative estimate of drug-likeness (QED) is 0.553. The molecule has 0 radical (unpaired) electrons. The van der Waals surface area contributed by atoms with Crippen LogP contribution >= 0.6 is 15.9 Å². The number of amides is 1. The normalized spacial score (nSPS) is 11.0. The number of hydrogen-bond acceptors (Lipinski definition) is 4. The van der Waals surface area contributed by atoms with Crippen LogP contribution < -0.4 is 14.4 Å². The summed E-state index contributed by atoms with van der Waals surface area (Å²) in [6.45, 7) is -0.192. The van der Waals surface area contributed by atoms with E-state index in [1.165, 1.54) is 23.5 Å². The van der Waals surface area contributed by atoms with Crippen LogP contribution in [0.15, 0.2) is 88.2 Å². The molecule has 0 aliphatic rings. The third-order valence-corrected chi connectivity index (χ3v) is 6.39. The molecule has 0 unspecified atom stereocenters. The molecule has 3 rings (SSSR count). The van der Waals surface area contributed by atoms with Gasteiger partial charge in [-0.15, -0.1) is 0 Å². The van der Waals surface area contributed by atoms with Gasteiger partial charge in [0, 0.05) is 17.2 Å². The standard InChI is InChI=1S/C21H19BrN2O4S/c1-24(18-7-3-2-4-8-18)29(26,27)20-9-5-6-17(14-20)23-21(25)15-28-19-12-10-16(22)11-13-19/h2-14H,15H2,1H3,(H,23,25). The number of nitrogens with one attached hydrogen (secondary N) is 1. The Morgan fingerprint density at radius 1 is 1.00 bits per heavy atom. The zero-order valence-electron chi connectivity index (χ0n) is 15.6. The summed E-state index contributed by atoms with van der Waals surface area (Å²) in [5.74, 6) is 0.169. The van der Waals surface area contributed by atoms with Crippen LogP contribution in [0.25, 0.3) is 0 Å². The lowest BCUT2D eigenvalue weighted by Crippen LogP contribution is -2.26. The molecule has 0 bridgehead atoms. The molecule has 0 aliphatic heterocycles. The molecular formula is C21H19BrN2O4S. The topological polar surface area (TPSA) is 75.7 Å². The summed E-state index contributed by atoms with van der Waals surface area (Å²) in [6, 6.07) is 22.0. The number of ether oxygens (including phenoxy) is 1. The zero-order chi connectivity index (χ0) is 20.9. The Bertz CT molecular complexity index is 1090. The molecule has 0 atom stereocenters. The van der Waals surface area contributed by atoms with Crippen LogP contribution in [0.3, 0.4) is 0 Å². The van der Waals surface area contributed by atoms with E-state index in [4.69, 9.17) is 4.74 Å². The maximum Gasteiger partial charge on any atom is 0.264 e. The van der Waals surface area contributed by atoms with Crippen molar-refractivity contribution in [2.75, 3.05) is 23.3 Å². The number of carbonyl (C=O) groups excluding carboxylic acids is 1. The molecule has 0 saturated heterocycles. The number of halogens is 1. The van der Waals surface area contributed by atoms with Crippen molar-refractivity contribution in [2.24, 2.45) is 0 Å². The van der Waals surface area contributed by atoms with E-state index in [1.807, 2.05) is 18.2 Å². The Balaban J connectivity index is 1.68. The highest BCUT2D eigenvalue weighted by Gasteiger charge is 2.21. The Labute approximate surface area is 178 Å². The van der Waals surface area contributed by atoms with Crippen LogP contribution in [-0.2, 0) is 14.8 Å². The van der Waals surface area contributed by atoms with Crippen molar-refractivity contribution in [1.82, 2.24) is 0 Å². The van der Waals surface area contributed by atoms with Gasteiger partial charge in [0.1, 0.15) is 5.75 Å². The second-order valence-corrected chi connectivity index (χ2v) is 9.01. The first-order chi connectivity index (χ1) is 13.9. The Morgan fingerprint density at radius 3 is 2.38 bits per heavy atom. The van der Waals surface area contributed by atoms with Gasteiger partial charge >= 0.3 is 0 Å². The van der Waals surface area contributed by atoms with Crippen molar-refractivity contribution < 1.29 is 17.9 Å². The highest BCUT2D eigenvalue weighted by atomic mass is 79.9. The predicted molar refractivity (Wildman–Crippen MR) is 117 cm³/mol. The second kappa shape index (κ2) is 9.11. The van der Waals surface area contributed by atoms with E-state index < -0.39 is 10.0 Å². The minimum atomic E-state index is -3.76. The van der Waals surface area contributed by atoms with E-state index in [9.17, 15) is 13.2 Å². The molecule has 1 N–H and O–H groups in total. The molecule has 3 aromatic rings. The molecule has 0 fully saturated rings. The van der Waals surface area contributed by atoms with E-state index in [2.05, 4.69) is 21.2 Å². The molecular weight excluding hydrogens is 456 g/mol. The number of sulfonamides is 1. The number of rotatable bonds is 7. The SMILES string of the molecule is CN(c1ccccc1)S(=O)(=O)c1cccc(NC(=O)COc2ccc(Br)cc2)c1. The Kier molecular flexibility index (Phi) is 6.56. The lowest BCUT2D eigenvalue weighted by atomic mass is 10.3. The lowest BCUT2D eigenvalue weighted by Gasteiger charge is -2.19. The smallest absolute Gasteiger partial charge is 0.264 e. The minimum Gasteiger partial charge on any atom is -0.484 e. The van der Waals surface area contributed by atoms with Crippen LogP contribution in [0.5, 0.6) is 5.75 Å². The van der Waals surface area contributed by atoms with E-state index in [-0.39, 0.29) is 17.4 Å². The van der Waals surface area contributed by atoms with Crippen molar-refractivity contribution in [1.29, 1.82) is 0 Å². The van der Waals surface area contributed by atoms with Crippen LogP contribution in [0, 0.1) is 0 Å². The maximum atomic E-state index is 12.9. The summed E-state index contributed by atoms with van der Waals surface area (Å²) < 4.78 is 33.3. The first-order valence-electron chi connectivity index (χ1n) is 8.68. The van der Waals surface area contributed by atoms with Gasteiger partial charge < -0.3 is 10.1 Å². The van der Waals surface area contributed by atoms with Crippen molar-refractivity contribution in [3.05, 3.63) is 83.3 Å². The van der Waals surface area contributed by atoms with Crippen molar-refractivity contribution in [2.45, 2.75) is 4.90 Å². The van der Waals surface area contributed by atoms with Crippen molar-refractivity contribution >= 4 is 43.2 Å². The summed E-state index contributed by atoms with van der Waals surface area (Å²) >= 11 is 3.33. The molecule has 0 heterocycles. The summed E-state index contributed by atoms with van der Waals surface area (Å²) in [4.78, 5) is 12.2. The van der Waals surface area contributed by atoms with Gasteiger partial charge in [0.2, 0.25) is 0 Å². The summed E-state index contributed by atoms with van der Waals surface area (Å²) in [6.07, 6.45) is 0. The third-order valence-electron chi connectivity index (χ3n) is 4.08. The third kappa shape index (κ3) is 5.36. The van der Waals surface area contributed by atoms with E-state index in [0.717, 1.165) is 4.47 Å². The highest BCUT2D eigenvalue weighted by Crippen LogP contribution is 2.23. The first-order valence-corrected chi connectivity index (χ1v) is 10.9. The monoisotopic (exact) mass is 474 g/mol. The van der Waals surface area contributed by atoms with Gasteiger partial charge in [-0.25, -0.2) is 8.42 Å². The molecule has 0 saturated carbocycles. The van der Waals surface area contributed by atoms with Crippen LogP contribution in [-0.4, -0.2) is 28.0 Å². The number of para-hydroxylation sites is 1. The number of benzene rings is 3. The van der Waals surface area contributed by atoms with Gasteiger partial charge in [-0.2, -0.15) is 0 Å². The summed E-state index contributed by atoms with van der Waals surface area (Å²) in [5, 5.41) is 2.66. The number of hydrogen-bond donors (Lipinski definition) is 1. The molecule has 150 valence electrons. The fourth-order valence-corrected chi connectivity index (χ4v) is 4.05.